The van der Waals surface area contributed by atoms with Crippen molar-refractivity contribution in [3.05, 3.63) is 113 Å². The molecule has 4 rings (SSSR count). The van der Waals surface area contributed by atoms with Gasteiger partial charge in [0, 0.05) is 16.1 Å². The average Bonchev–Trinajstić information content (AvgIpc) is 3.46. The van der Waals surface area contributed by atoms with Crippen LogP contribution in [0.1, 0.15) is 15.9 Å². The molecule has 0 saturated heterocycles. The maximum absolute atomic E-state index is 13.1. The summed E-state index contributed by atoms with van der Waals surface area (Å²) in [5.41, 5.74) is 2.57. The first kappa shape index (κ1) is 26.7. The summed E-state index contributed by atoms with van der Waals surface area (Å²) in [6, 6.07) is 24.9. The van der Waals surface area contributed by atoms with Crippen molar-refractivity contribution in [2.24, 2.45) is 0 Å². The minimum atomic E-state index is -0.447. The number of hydrogen-bond acceptors (Lipinski definition) is 6. The first-order valence-electron chi connectivity index (χ1n) is 11.6. The number of methoxy groups -OCH3 is 1. The van der Waals surface area contributed by atoms with Crippen LogP contribution in [0.2, 0.25) is 0 Å². The Hall–Kier alpha value is -4.34. The molecule has 0 saturated carbocycles. The second kappa shape index (κ2) is 13.3. The monoisotopic (exact) mass is 543 g/mol. The Morgan fingerprint density at radius 2 is 1.63 bits per heavy atom. The van der Waals surface area contributed by atoms with E-state index in [0.29, 0.717) is 22.7 Å². The van der Waals surface area contributed by atoms with E-state index in [-0.39, 0.29) is 23.3 Å². The molecular weight excluding hydrogens is 518 g/mol. The minimum absolute atomic E-state index is 0.128. The highest BCUT2D eigenvalue weighted by Gasteiger charge is 2.15. The molecule has 3 N–H and O–H groups in total. The Bertz CT molecular complexity index is 1420. The van der Waals surface area contributed by atoms with Crippen molar-refractivity contribution in [3.63, 3.8) is 0 Å². The van der Waals surface area contributed by atoms with E-state index >= 15 is 0 Å². The summed E-state index contributed by atoms with van der Waals surface area (Å²) < 4.78 is 5.26. The molecule has 0 bridgehead atoms. The van der Waals surface area contributed by atoms with Crippen molar-refractivity contribution in [2.75, 3.05) is 23.5 Å². The number of ether oxygens (including phenoxy) is 1. The van der Waals surface area contributed by atoms with Crippen molar-refractivity contribution in [3.8, 4) is 5.75 Å². The van der Waals surface area contributed by atoms with Gasteiger partial charge in [-0.25, -0.2) is 0 Å². The number of benzene rings is 3. The van der Waals surface area contributed by atoms with Gasteiger partial charge < -0.3 is 20.7 Å². The summed E-state index contributed by atoms with van der Waals surface area (Å²) >= 11 is 2.87. The van der Waals surface area contributed by atoms with E-state index in [2.05, 4.69) is 16.0 Å². The number of nitrogens with one attached hydrogen (secondary N) is 3. The molecular formula is C29H25N3O4S2. The first-order valence-corrected chi connectivity index (χ1v) is 13.5. The van der Waals surface area contributed by atoms with Crippen LogP contribution in [0.4, 0.5) is 11.4 Å². The fraction of sp³-hybridized carbons (Fsp3) is 0.0690. The van der Waals surface area contributed by atoms with E-state index in [1.165, 1.54) is 23.1 Å². The standard InChI is InChI=1S/C29H25N3O4S2/c1-36-26-10-6-5-9-24(26)31-27(33)19-38-23-13-11-22(12-14-23)30-29(35)25(17-20-15-16-37-18-20)32-28(34)21-7-3-2-4-8-21/h2-18H,19H2,1H3,(H,30,35)(H,31,33)(H,32,34)/b25-17-. The average molecular weight is 544 g/mol. The Labute approximate surface area is 228 Å². The van der Waals surface area contributed by atoms with Crippen LogP contribution in [0.3, 0.4) is 0 Å². The molecule has 1 aromatic heterocycles. The normalized spacial score (nSPS) is 10.9. The fourth-order valence-corrected chi connectivity index (χ4v) is 4.70. The van der Waals surface area contributed by atoms with Crippen LogP contribution in [0.5, 0.6) is 5.75 Å². The van der Waals surface area contributed by atoms with E-state index in [1.54, 1.807) is 61.7 Å². The molecule has 192 valence electrons. The first-order chi connectivity index (χ1) is 18.5. The van der Waals surface area contributed by atoms with Gasteiger partial charge >= 0.3 is 0 Å². The second-order valence-electron chi connectivity index (χ2n) is 7.95. The fourth-order valence-electron chi connectivity index (χ4n) is 3.38. The quantitative estimate of drug-likeness (QED) is 0.171. The molecule has 0 atom stereocenters. The maximum atomic E-state index is 13.1. The topological polar surface area (TPSA) is 96.5 Å². The highest BCUT2D eigenvalue weighted by atomic mass is 32.2. The van der Waals surface area contributed by atoms with Crippen molar-refractivity contribution >= 4 is 58.3 Å². The number of anilines is 2. The van der Waals surface area contributed by atoms with E-state index in [4.69, 9.17) is 4.74 Å². The SMILES string of the molecule is COc1ccccc1NC(=O)CSc1ccc(NC(=O)/C(=C/c2ccsc2)NC(=O)c2ccccc2)cc1. The molecule has 0 aliphatic rings. The van der Waals surface area contributed by atoms with Gasteiger partial charge in [0.05, 0.1) is 18.6 Å². The third-order valence-electron chi connectivity index (χ3n) is 5.25. The second-order valence-corrected chi connectivity index (χ2v) is 9.78. The predicted molar refractivity (Wildman–Crippen MR) is 154 cm³/mol. The molecule has 0 radical (unpaired) electrons. The molecule has 0 fully saturated rings. The molecule has 3 aromatic carbocycles. The van der Waals surface area contributed by atoms with Gasteiger partial charge in [-0.2, -0.15) is 11.3 Å². The lowest BCUT2D eigenvalue weighted by Gasteiger charge is -2.12. The van der Waals surface area contributed by atoms with Crippen molar-refractivity contribution < 1.29 is 19.1 Å². The van der Waals surface area contributed by atoms with Crippen LogP contribution in [-0.4, -0.2) is 30.6 Å². The van der Waals surface area contributed by atoms with Gasteiger partial charge in [0.15, 0.2) is 0 Å². The highest BCUT2D eigenvalue weighted by molar-refractivity contribution is 8.00. The number of rotatable bonds is 10. The number of thiophene rings is 1. The smallest absolute Gasteiger partial charge is 0.272 e. The van der Waals surface area contributed by atoms with Crippen molar-refractivity contribution in [1.29, 1.82) is 0 Å². The predicted octanol–water partition coefficient (Wildman–Crippen LogP) is 5.90. The number of hydrogen-bond donors (Lipinski definition) is 3. The van der Waals surface area contributed by atoms with Crippen LogP contribution >= 0.6 is 23.1 Å². The zero-order chi connectivity index (χ0) is 26.7. The summed E-state index contributed by atoms with van der Waals surface area (Å²) in [5, 5.41) is 12.2. The van der Waals surface area contributed by atoms with Crippen LogP contribution in [0.25, 0.3) is 6.08 Å². The summed E-state index contributed by atoms with van der Waals surface area (Å²) in [5.74, 6) is -0.173. The number of para-hydroxylation sites is 2. The lowest BCUT2D eigenvalue weighted by molar-refractivity contribution is -0.114. The molecule has 9 heteroatoms. The number of carbonyl (C=O) groups excluding carboxylic acids is 3. The molecule has 0 unspecified atom stereocenters. The summed E-state index contributed by atoms with van der Waals surface area (Å²) in [6.07, 6.45) is 1.64. The molecule has 7 nitrogen and oxygen atoms in total. The lowest BCUT2D eigenvalue weighted by atomic mass is 10.2. The molecule has 3 amide bonds. The number of carbonyl (C=O) groups is 3. The van der Waals surface area contributed by atoms with Gasteiger partial charge in [-0.05, 0) is 77.0 Å². The summed E-state index contributed by atoms with van der Waals surface area (Å²) in [6.45, 7) is 0. The molecule has 4 aromatic rings. The van der Waals surface area contributed by atoms with Crippen molar-refractivity contribution in [1.82, 2.24) is 5.32 Å². The van der Waals surface area contributed by atoms with Crippen molar-refractivity contribution in [2.45, 2.75) is 4.90 Å². The van der Waals surface area contributed by atoms with Gasteiger partial charge in [-0.1, -0.05) is 30.3 Å². The summed E-state index contributed by atoms with van der Waals surface area (Å²) in [4.78, 5) is 39.0. The highest BCUT2D eigenvalue weighted by Crippen LogP contribution is 2.25. The zero-order valence-electron chi connectivity index (χ0n) is 20.5. The van der Waals surface area contributed by atoms with Crippen LogP contribution < -0.4 is 20.7 Å². The minimum Gasteiger partial charge on any atom is -0.495 e. The summed E-state index contributed by atoms with van der Waals surface area (Å²) in [7, 11) is 1.55. The van der Waals surface area contributed by atoms with Gasteiger partial charge in [-0.3, -0.25) is 14.4 Å². The Morgan fingerprint density at radius 3 is 2.34 bits per heavy atom. The molecule has 0 spiro atoms. The van der Waals surface area contributed by atoms with E-state index in [9.17, 15) is 14.4 Å². The number of thioether (sulfide) groups is 1. The van der Waals surface area contributed by atoms with Crippen LogP contribution in [-0.2, 0) is 9.59 Å². The van der Waals surface area contributed by atoms with E-state index < -0.39 is 5.91 Å². The number of amides is 3. The molecule has 0 aliphatic carbocycles. The third-order valence-corrected chi connectivity index (χ3v) is 6.96. The third kappa shape index (κ3) is 7.58. The zero-order valence-corrected chi connectivity index (χ0v) is 22.1. The largest absolute Gasteiger partial charge is 0.495 e. The maximum Gasteiger partial charge on any atom is 0.272 e. The molecule has 1 heterocycles. The van der Waals surface area contributed by atoms with Crippen LogP contribution in [0, 0.1) is 0 Å². The molecule has 0 aliphatic heterocycles. The lowest BCUT2D eigenvalue weighted by Crippen LogP contribution is -2.30. The van der Waals surface area contributed by atoms with Gasteiger partial charge in [0.1, 0.15) is 11.4 Å². The Balaban J connectivity index is 1.36. The van der Waals surface area contributed by atoms with Crippen LogP contribution in [0.15, 0.2) is 106 Å². The van der Waals surface area contributed by atoms with E-state index in [0.717, 1.165) is 10.5 Å². The molecule has 38 heavy (non-hydrogen) atoms. The Morgan fingerprint density at radius 1 is 0.895 bits per heavy atom. The van der Waals surface area contributed by atoms with Gasteiger partial charge in [-0.15, -0.1) is 11.8 Å². The van der Waals surface area contributed by atoms with Gasteiger partial charge in [0.2, 0.25) is 5.91 Å². The van der Waals surface area contributed by atoms with Gasteiger partial charge in [0.25, 0.3) is 11.8 Å². The Kier molecular flexibility index (Phi) is 9.33. The van der Waals surface area contributed by atoms with E-state index in [1.807, 2.05) is 47.2 Å².